The van der Waals surface area contributed by atoms with Crippen LogP contribution in [0, 0.1) is 6.92 Å². The van der Waals surface area contributed by atoms with Crippen molar-refractivity contribution in [1.29, 1.82) is 0 Å². The molecule has 1 heterocycles. The third kappa shape index (κ3) is 3.14. The molecule has 5 nitrogen and oxygen atoms in total. The van der Waals surface area contributed by atoms with E-state index in [1.165, 1.54) is 13.2 Å². The van der Waals surface area contributed by atoms with Crippen LogP contribution in [0.25, 0.3) is 0 Å². The second-order valence-corrected chi connectivity index (χ2v) is 5.20. The van der Waals surface area contributed by atoms with Gasteiger partial charge in [0.2, 0.25) is 0 Å². The van der Waals surface area contributed by atoms with Gasteiger partial charge in [-0.15, -0.1) is 0 Å². The molecule has 2 rings (SSSR count). The Morgan fingerprint density at radius 3 is 2.62 bits per heavy atom. The normalized spacial score (nSPS) is 10.5. The number of halogens is 2. The zero-order valence-corrected chi connectivity index (χ0v) is 13.3. The maximum Gasteiger partial charge on any atom is 0.180 e. The molecule has 0 saturated heterocycles. The number of hydrogen-bond acceptors (Lipinski definition) is 4. The van der Waals surface area contributed by atoms with E-state index in [0.717, 1.165) is 11.4 Å². The first-order valence-electron chi connectivity index (χ1n) is 6.11. The van der Waals surface area contributed by atoms with E-state index in [4.69, 9.17) is 32.7 Å². The number of benzene rings is 1. The molecule has 7 heteroatoms. The van der Waals surface area contributed by atoms with Crippen molar-refractivity contribution >= 4 is 29.5 Å². The number of carbonyl (C=O) groups excluding carboxylic acids is 1. The number of carbonyl (C=O) groups is 1. The van der Waals surface area contributed by atoms with Crippen molar-refractivity contribution in [1.82, 2.24) is 9.78 Å². The fraction of sp³-hybridized carbons (Fsp3) is 0.286. The van der Waals surface area contributed by atoms with Crippen molar-refractivity contribution in [3.05, 3.63) is 39.1 Å². The first kappa shape index (κ1) is 15.7. The highest BCUT2D eigenvalue weighted by Gasteiger charge is 2.16. The molecule has 0 unspecified atom stereocenters. The fourth-order valence-corrected chi connectivity index (χ4v) is 2.41. The average molecular weight is 329 g/mol. The van der Waals surface area contributed by atoms with Crippen molar-refractivity contribution in [3.63, 3.8) is 0 Å². The van der Waals surface area contributed by atoms with Crippen LogP contribution in [0.5, 0.6) is 11.5 Å². The lowest BCUT2D eigenvalue weighted by Crippen LogP contribution is -2.05. The zero-order valence-electron chi connectivity index (χ0n) is 11.8. The topological polar surface area (TPSA) is 53.4 Å². The molecule has 2 aromatic rings. The summed E-state index contributed by atoms with van der Waals surface area (Å²) in [4.78, 5) is 10.8. The Kier molecular flexibility index (Phi) is 4.75. The Morgan fingerprint density at radius 1 is 1.38 bits per heavy atom. The van der Waals surface area contributed by atoms with E-state index >= 15 is 0 Å². The molecular weight excluding hydrogens is 315 g/mol. The van der Waals surface area contributed by atoms with E-state index in [2.05, 4.69) is 5.10 Å². The van der Waals surface area contributed by atoms with E-state index < -0.39 is 0 Å². The fourth-order valence-electron chi connectivity index (χ4n) is 1.93. The highest BCUT2D eigenvalue weighted by atomic mass is 35.5. The molecule has 0 aliphatic rings. The van der Waals surface area contributed by atoms with Crippen LogP contribution >= 0.6 is 23.2 Å². The van der Waals surface area contributed by atoms with Crippen molar-refractivity contribution in [2.24, 2.45) is 7.05 Å². The smallest absolute Gasteiger partial charge is 0.180 e. The predicted molar refractivity (Wildman–Crippen MR) is 80.7 cm³/mol. The maximum absolute atomic E-state index is 10.8. The Bertz CT molecular complexity index is 683. The predicted octanol–water partition coefficient (Wildman–Crippen LogP) is 3.44. The SMILES string of the molecule is COc1cc(C=O)cc(Cl)c1OCc1c(Cl)c(C)nn1C. The molecule has 0 amide bonds. The minimum Gasteiger partial charge on any atom is -0.493 e. The summed E-state index contributed by atoms with van der Waals surface area (Å²) in [6.45, 7) is 2.00. The summed E-state index contributed by atoms with van der Waals surface area (Å²) in [5, 5.41) is 5.06. The van der Waals surface area contributed by atoms with Crippen molar-refractivity contribution < 1.29 is 14.3 Å². The standard InChI is InChI=1S/C14H14Cl2N2O3/c1-8-13(16)11(18(2)17-8)7-21-14-10(15)4-9(6-19)5-12(14)20-3/h4-6H,7H2,1-3H3. The Labute approximate surface area is 132 Å². The Hall–Kier alpha value is -1.72. The minimum absolute atomic E-state index is 0.187. The summed E-state index contributed by atoms with van der Waals surface area (Å²) in [6, 6.07) is 3.08. The quantitative estimate of drug-likeness (QED) is 0.789. The third-order valence-electron chi connectivity index (χ3n) is 3.00. The first-order chi connectivity index (χ1) is 9.97. The number of rotatable bonds is 5. The molecule has 0 radical (unpaired) electrons. The number of nitrogens with zero attached hydrogens (tertiary/aromatic N) is 2. The van der Waals surface area contributed by atoms with Gasteiger partial charge in [0.1, 0.15) is 12.9 Å². The van der Waals surface area contributed by atoms with E-state index in [9.17, 15) is 4.79 Å². The summed E-state index contributed by atoms with van der Waals surface area (Å²) in [6.07, 6.45) is 0.694. The van der Waals surface area contributed by atoms with E-state index in [0.29, 0.717) is 33.4 Å². The van der Waals surface area contributed by atoms with Crippen molar-refractivity contribution in [3.8, 4) is 11.5 Å². The second kappa shape index (κ2) is 6.37. The molecular formula is C14H14Cl2N2O3. The monoisotopic (exact) mass is 328 g/mol. The summed E-state index contributed by atoms with van der Waals surface area (Å²) in [5.74, 6) is 0.749. The van der Waals surface area contributed by atoms with Crippen molar-refractivity contribution in [2.75, 3.05) is 7.11 Å². The van der Waals surface area contributed by atoms with Crippen LogP contribution in [0.3, 0.4) is 0 Å². The van der Waals surface area contributed by atoms with Gasteiger partial charge in [0, 0.05) is 12.6 Å². The van der Waals surface area contributed by atoms with Gasteiger partial charge in [-0.05, 0) is 19.1 Å². The molecule has 0 N–H and O–H groups in total. The number of aromatic nitrogens is 2. The Balaban J connectivity index is 2.29. The lowest BCUT2D eigenvalue weighted by molar-refractivity contribution is 0.112. The molecule has 0 aliphatic carbocycles. The van der Waals surface area contributed by atoms with Crippen LogP contribution < -0.4 is 9.47 Å². The molecule has 1 aromatic carbocycles. The highest BCUT2D eigenvalue weighted by Crippen LogP contribution is 2.37. The van der Waals surface area contributed by atoms with Crippen LogP contribution in [-0.2, 0) is 13.7 Å². The average Bonchev–Trinajstić information content (AvgIpc) is 2.70. The summed E-state index contributed by atoms with van der Waals surface area (Å²) >= 11 is 12.3. The number of hydrogen-bond donors (Lipinski definition) is 0. The lowest BCUT2D eigenvalue weighted by Gasteiger charge is -2.13. The van der Waals surface area contributed by atoms with E-state index in [1.54, 1.807) is 17.8 Å². The highest BCUT2D eigenvalue weighted by molar-refractivity contribution is 6.32. The lowest BCUT2D eigenvalue weighted by atomic mass is 10.2. The molecule has 0 bridgehead atoms. The number of ether oxygens (including phenoxy) is 2. The number of aryl methyl sites for hydroxylation is 2. The van der Waals surface area contributed by atoms with E-state index in [-0.39, 0.29) is 6.61 Å². The molecule has 1 aromatic heterocycles. The van der Waals surface area contributed by atoms with Gasteiger partial charge in [-0.3, -0.25) is 9.48 Å². The van der Waals surface area contributed by atoms with Crippen molar-refractivity contribution in [2.45, 2.75) is 13.5 Å². The van der Waals surface area contributed by atoms with Gasteiger partial charge in [0.05, 0.1) is 28.5 Å². The molecule has 0 atom stereocenters. The molecule has 112 valence electrons. The van der Waals surface area contributed by atoms with Gasteiger partial charge in [-0.1, -0.05) is 23.2 Å². The molecule has 0 saturated carbocycles. The van der Waals surface area contributed by atoms with Gasteiger partial charge >= 0.3 is 0 Å². The van der Waals surface area contributed by atoms with Crippen LogP contribution in [0.2, 0.25) is 10.0 Å². The molecule has 0 aliphatic heterocycles. The van der Waals surface area contributed by atoms with Crippen LogP contribution in [0.4, 0.5) is 0 Å². The number of aldehydes is 1. The van der Waals surface area contributed by atoms with Crippen LogP contribution in [0.15, 0.2) is 12.1 Å². The summed E-state index contributed by atoms with van der Waals surface area (Å²) < 4.78 is 12.6. The first-order valence-corrected chi connectivity index (χ1v) is 6.87. The van der Waals surface area contributed by atoms with Gasteiger partial charge in [-0.25, -0.2) is 0 Å². The minimum atomic E-state index is 0.187. The summed E-state index contributed by atoms with van der Waals surface area (Å²) in [5.41, 5.74) is 1.87. The second-order valence-electron chi connectivity index (χ2n) is 4.41. The van der Waals surface area contributed by atoms with Crippen LogP contribution in [0.1, 0.15) is 21.7 Å². The van der Waals surface area contributed by atoms with Gasteiger partial charge in [0.25, 0.3) is 0 Å². The maximum atomic E-state index is 10.8. The largest absolute Gasteiger partial charge is 0.493 e. The zero-order chi connectivity index (χ0) is 15.6. The molecule has 21 heavy (non-hydrogen) atoms. The van der Waals surface area contributed by atoms with Gasteiger partial charge in [-0.2, -0.15) is 5.10 Å². The Morgan fingerprint density at radius 2 is 2.10 bits per heavy atom. The molecule has 0 fully saturated rings. The molecule has 0 spiro atoms. The van der Waals surface area contributed by atoms with E-state index in [1.807, 2.05) is 6.92 Å². The third-order valence-corrected chi connectivity index (χ3v) is 3.78. The van der Waals surface area contributed by atoms with Crippen LogP contribution in [-0.4, -0.2) is 23.2 Å². The summed E-state index contributed by atoms with van der Waals surface area (Å²) in [7, 11) is 3.26. The number of methoxy groups -OCH3 is 1. The van der Waals surface area contributed by atoms with Gasteiger partial charge < -0.3 is 9.47 Å². The van der Waals surface area contributed by atoms with Gasteiger partial charge in [0.15, 0.2) is 11.5 Å².